The van der Waals surface area contributed by atoms with Gasteiger partial charge >= 0.3 is 0 Å². The van der Waals surface area contributed by atoms with Crippen LogP contribution in [0.1, 0.15) is 36.8 Å². The number of amidine groups is 1. The monoisotopic (exact) mass is 462 g/mol. The molecule has 0 fully saturated rings. The highest BCUT2D eigenvalue weighted by Crippen LogP contribution is 2.28. The van der Waals surface area contributed by atoms with Crippen molar-refractivity contribution in [3.63, 3.8) is 0 Å². The summed E-state index contributed by atoms with van der Waals surface area (Å²) in [5.41, 5.74) is 3.70. The van der Waals surface area contributed by atoms with Crippen molar-refractivity contribution in [2.45, 2.75) is 0 Å². The standard InChI is InChI=1S/C23H22N6O5/c1-25-21(30)13-3-5-14(6-4-13)22(31)27-16-8-10-17(19(11-16)34-2)28-23(32)18-9-7-15(12-26-18)20(24)29-33/h3-12,33H,1-2H3,(H2,24,29)(H,25,30)(H,27,31)(H,28,32). The lowest BCUT2D eigenvalue weighted by atomic mass is 10.1. The molecule has 34 heavy (non-hydrogen) atoms. The Balaban J connectivity index is 1.70. The summed E-state index contributed by atoms with van der Waals surface area (Å²) in [6.07, 6.45) is 1.28. The Bertz CT molecular complexity index is 1230. The number of anilines is 2. The first-order valence-electron chi connectivity index (χ1n) is 9.94. The van der Waals surface area contributed by atoms with Crippen molar-refractivity contribution in [1.29, 1.82) is 5.41 Å². The molecule has 11 nitrogen and oxygen atoms in total. The van der Waals surface area contributed by atoms with Crippen LogP contribution in [0.25, 0.3) is 0 Å². The van der Waals surface area contributed by atoms with Crippen LogP contribution in [0.5, 0.6) is 5.75 Å². The molecular formula is C23H22N6O5. The van der Waals surface area contributed by atoms with E-state index in [1.165, 1.54) is 32.5 Å². The maximum atomic E-state index is 12.5. The molecular weight excluding hydrogens is 440 g/mol. The summed E-state index contributed by atoms with van der Waals surface area (Å²) in [5.74, 6) is -1.08. The fourth-order valence-corrected chi connectivity index (χ4v) is 2.92. The molecule has 0 aliphatic carbocycles. The van der Waals surface area contributed by atoms with Gasteiger partial charge in [-0.2, -0.15) is 0 Å². The van der Waals surface area contributed by atoms with Crippen molar-refractivity contribution in [1.82, 2.24) is 15.8 Å². The number of hydroxylamine groups is 1. The summed E-state index contributed by atoms with van der Waals surface area (Å²) in [6, 6.07) is 13.8. The highest BCUT2D eigenvalue weighted by molar-refractivity contribution is 6.06. The lowest BCUT2D eigenvalue weighted by Gasteiger charge is -2.13. The Morgan fingerprint density at radius 1 is 0.882 bits per heavy atom. The van der Waals surface area contributed by atoms with Gasteiger partial charge in [-0.25, -0.2) is 0 Å². The van der Waals surface area contributed by atoms with Crippen molar-refractivity contribution in [3.8, 4) is 5.75 Å². The average molecular weight is 462 g/mol. The summed E-state index contributed by atoms with van der Waals surface area (Å²) < 4.78 is 5.33. The molecule has 0 aliphatic heterocycles. The van der Waals surface area contributed by atoms with Gasteiger partial charge in [-0.1, -0.05) is 0 Å². The second-order valence-electron chi connectivity index (χ2n) is 6.90. The van der Waals surface area contributed by atoms with E-state index in [9.17, 15) is 14.4 Å². The van der Waals surface area contributed by atoms with E-state index in [4.69, 9.17) is 15.4 Å². The minimum absolute atomic E-state index is 0.0918. The number of carbonyl (C=O) groups excluding carboxylic acids is 3. The Kier molecular flexibility index (Phi) is 7.52. The van der Waals surface area contributed by atoms with Gasteiger partial charge in [-0.3, -0.25) is 35.5 Å². The van der Waals surface area contributed by atoms with Crippen LogP contribution in [0.4, 0.5) is 11.4 Å². The number of hydrogen-bond donors (Lipinski definition) is 6. The summed E-state index contributed by atoms with van der Waals surface area (Å²) in [4.78, 5) is 40.7. The summed E-state index contributed by atoms with van der Waals surface area (Å²) in [7, 11) is 2.95. The van der Waals surface area contributed by atoms with E-state index in [-0.39, 0.29) is 23.3 Å². The van der Waals surface area contributed by atoms with E-state index in [1.807, 2.05) is 0 Å². The highest BCUT2D eigenvalue weighted by Gasteiger charge is 2.14. The van der Waals surface area contributed by atoms with Crippen LogP contribution >= 0.6 is 0 Å². The van der Waals surface area contributed by atoms with E-state index < -0.39 is 5.91 Å². The minimum Gasteiger partial charge on any atom is -0.494 e. The van der Waals surface area contributed by atoms with Gasteiger partial charge in [-0.15, -0.1) is 0 Å². The van der Waals surface area contributed by atoms with Crippen LogP contribution in [0, 0.1) is 5.41 Å². The zero-order valence-corrected chi connectivity index (χ0v) is 18.3. The molecule has 6 N–H and O–H groups in total. The first-order valence-corrected chi connectivity index (χ1v) is 9.94. The van der Waals surface area contributed by atoms with Crippen molar-refractivity contribution < 1.29 is 24.3 Å². The molecule has 1 heterocycles. The summed E-state index contributed by atoms with van der Waals surface area (Å²) in [5, 5.41) is 24.2. The van der Waals surface area contributed by atoms with Crippen molar-refractivity contribution in [2.75, 3.05) is 24.8 Å². The van der Waals surface area contributed by atoms with E-state index in [1.54, 1.807) is 47.9 Å². The van der Waals surface area contributed by atoms with Crippen LogP contribution in [0.15, 0.2) is 60.8 Å². The third-order valence-corrected chi connectivity index (χ3v) is 4.74. The van der Waals surface area contributed by atoms with Gasteiger partial charge in [0.1, 0.15) is 11.4 Å². The Hall–Kier alpha value is -4.77. The van der Waals surface area contributed by atoms with Gasteiger partial charge in [0.25, 0.3) is 17.7 Å². The van der Waals surface area contributed by atoms with Crippen LogP contribution in [-0.4, -0.2) is 47.9 Å². The molecule has 0 unspecified atom stereocenters. The van der Waals surface area contributed by atoms with Gasteiger partial charge in [0, 0.05) is 41.7 Å². The van der Waals surface area contributed by atoms with E-state index in [0.29, 0.717) is 33.8 Å². The van der Waals surface area contributed by atoms with Crippen LogP contribution in [0.3, 0.4) is 0 Å². The van der Waals surface area contributed by atoms with E-state index in [2.05, 4.69) is 20.9 Å². The largest absolute Gasteiger partial charge is 0.494 e. The fourth-order valence-electron chi connectivity index (χ4n) is 2.92. The Labute approximate surface area is 194 Å². The molecule has 2 aromatic carbocycles. The smallest absolute Gasteiger partial charge is 0.274 e. The lowest BCUT2D eigenvalue weighted by Crippen LogP contribution is -2.20. The Morgan fingerprint density at radius 2 is 1.53 bits per heavy atom. The fraction of sp³-hybridized carbons (Fsp3) is 0.0870. The van der Waals surface area contributed by atoms with Crippen molar-refractivity contribution in [2.24, 2.45) is 0 Å². The third-order valence-electron chi connectivity index (χ3n) is 4.74. The molecule has 0 radical (unpaired) electrons. The predicted octanol–water partition coefficient (Wildman–Crippen LogP) is 2.26. The number of hydrogen-bond acceptors (Lipinski definition) is 7. The molecule has 0 bridgehead atoms. The molecule has 3 amide bonds. The highest BCUT2D eigenvalue weighted by atomic mass is 16.5. The maximum Gasteiger partial charge on any atom is 0.274 e. The predicted molar refractivity (Wildman–Crippen MR) is 125 cm³/mol. The molecule has 0 atom stereocenters. The second-order valence-corrected chi connectivity index (χ2v) is 6.90. The maximum absolute atomic E-state index is 12.5. The minimum atomic E-state index is -0.513. The van der Waals surface area contributed by atoms with Crippen LogP contribution in [0.2, 0.25) is 0 Å². The zero-order valence-electron chi connectivity index (χ0n) is 18.3. The molecule has 0 aliphatic rings. The van der Waals surface area contributed by atoms with E-state index in [0.717, 1.165) is 0 Å². The second kappa shape index (κ2) is 10.7. The zero-order chi connectivity index (χ0) is 24.7. The number of nitrogens with zero attached hydrogens (tertiary/aromatic N) is 1. The summed E-state index contributed by atoms with van der Waals surface area (Å²) >= 11 is 0. The number of rotatable bonds is 7. The number of methoxy groups -OCH3 is 1. The number of nitrogens with one attached hydrogen (secondary N) is 5. The molecule has 0 saturated carbocycles. The molecule has 3 rings (SSSR count). The molecule has 3 aromatic rings. The van der Waals surface area contributed by atoms with Gasteiger partial charge < -0.3 is 20.7 Å². The molecule has 0 saturated heterocycles. The quantitative estimate of drug-likeness (QED) is 0.178. The number of carbonyl (C=O) groups is 3. The van der Waals surface area contributed by atoms with Gasteiger partial charge in [-0.05, 0) is 48.5 Å². The molecule has 11 heteroatoms. The number of ether oxygens (including phenoxy) is 1. The first kappa shape index (κ1) is 23.9. The van der Waals surface area contributed by atoms with Gasteiger partial charge in [0.05, 0.1) is 12.8 Å². The number of benzene rings is 2. The molecule has 1 aromatic heterocycles. The van der Waals surface area contributed by atoms with Crippen LogP contribution in [-0.2, 0) is 0 Å². The normalized spacial score (nSPS) is 10.1. The molecule has 0 spiro atoms. The topological polar surface area (TPSA) is 166 Å². The Morgan fingerprint density at radius 3 is 2.09 bits per heavy atom. The number of pyridine rings is 1. The number of aromatic nitrogens is 1. The SMILES string of the molecule is CNC(=O)c1ccc(C(=O)Nc2ccc(NC(=O)c3ccc(C(=N)NO)cn3)c(OC)c2)cc1. The molecule has 174 valence electrons. The average Bonchev–Trinajstić information content (AvgIpc) is 2.88. The van der Waals surface area contributed by atoms with Crippen molar-refractivity contribution in [3.05, 3.63) is 83.2 Å². The van der Waals surface area contributed by atoms with Crippen molar-refractivity contribution >= 4 is 34.9 Å². The van der Waals surface area contributed by atoms with Gasteiger partial charge in [0.15, 0.2) is 5.84 Å². The first-order chi connectivity index (χ1) is 16.4. The lowest BCUT2D eigenvalue weighted by molar-refractivity contribution is 0.0960. The van der Waals surface area contributed by atoms with Crippen LogP contribution < -0.4 is 26.2 Å². The van der Waals surface area contributed by atoms with Gasteiger partial charge in [0.2, 0.25) is 0 Å². The number of amides is 3. The third kappa shape index (κ3) is 5.53. The summed E-state index contributed by atoms with van der Waals surface area (Å²) in [6.45, 7) is 0. The van der Waals surface area contributed by atoms with E-state index >= 15 is 0 Å².